The molecular weight excluding hydrogens is 628 g/mol. The minimum Gasteiger partial charge on any atom is -0.394 e. The van der Waals surface area contributed by atoms with Crippen molar-refractivity contribution in [2.45, 2.75) is 37.4 Å². The average Bonchev–Trinajstić information content (AvgIpc) is 3.58. The second-order valence-electron chi connectivity index (χ2n) is 9.53. The van der Waals surface area contributed by atoms with E-state index >= 15 is 0 Å². The first-order valence-electron chi connectivity index (χ1n) is 12.3. The Labute approximate surface area is 244 Å². The van der Waals surface area contributed by atoms with E-state index in [-0.39, 0.29) is 21.6 Å². The van der Waals surface area contributed by atoms with Crippen molar-refractivity contribution in [1.29, 1.82) is 0 Å². The van der Waals surface area contributed by atoms with E-state index in [9.17, 15) is 24.1 Å². The molecule has 0 radical (unpaired) electrons. The molecule has 1 aliphatic rings. The number of ether oxygens (including phenoxy) is 1. The quantitative estimate of drug-likeness (QED) is 0.244. The fraction of sp³-hybridized carbons (Fsp3) is 0.269. The van der Waals surface area contributed by atoms with Crippen molar-refractivity contribution in [3.8, 4) is 16.9 Å². The van der Waals surface area contributed by atoms with Gasteiger partial charge in [0.2, 0.25) is 0 Å². The predicted octanol–water partition coefficient (Wildman–Crippen LogP) is 3.47. The van der Waals surface area contributed by atoms with Gasteiger partial charge in [0.25, 0.3) is 0 Å². The third kappa shape index (κ3) is 4.79. The number of benzene rings is 2. The molecular formula is C26H21BrClF2N7O4. The smallest absolute Gasteiger partial charge is 0.169 e. The van der Waals surface area contributed by atoms with Crippen LogP contribution < -0.4 is 0 Å². The fourth-order valence-corrected chi connectivity index (χ4v) is 5.50. The predicted molar refractivity (Wildman–Crippen MR) is 145 cm³/mol. The Morgan fingerprint density at radius 2 is 1.83 bits per heavy atom. The normalized spacial score (nSPS) is 22.9. The van der Waals surface area contributed by atoms with E-state index in [2.05, 4.69) is 41.4 Å². The van der Waals surface area contributed by atoms with Gasteiger partial charge in [0.05, 0.1) is 28.5 Å². The second-order valence-corrected chi connectivity index (χ2v) is 10.8. The topological polar surface area (TPSA) is 144 Å². The maximum absolute atomic E-state index is 14.2. The molecule has 15 heteroatoms. The van der Waals surface area contributed by atoms with Crippen LogP contribution in [0.25, 0.3) is 27.8 Å². The van der Waals surface area contributed by atoms with Gasteiger partial charge >= 0.3 is 0 Å². The second kappa shape index (κ2) is 10.8. The van der Waals surface area contributed by atoms with E-state index in [0.29, 0.717) is 22.1 Å². The van der Waals surface area contributed by atoms with E-state index in [1.165, 1.54) is 10.9 Å². The van der Waals surface area contributed by atoms with E-state index < -0.39 is 48.7 Å². The molecule has 0 aliphatic carbocycles. The first kappa shape index (κ1) is 27.8. The Hall–Kier alpha value is -3.40. The molecule has 11 nitrogen and oxygen atoms in total. The molecule has 0 spiro atoms. The van der Waals surface area contributed by atoms with Crippen molar-refractivity contribution in [3.05, 3.63) is 81.6 Å². The molecule has 41 heavy (non-hydrogen) atoms. The number of pyridine rings is 1. The van der Waals surface area contributed by atoms with Crippen molar-refractivity contribution in [1.82, 2.24) is 34.7 Å². The van der Waals surface area contributed by atoms with Crippen molar-refractivity contribution < 1.29 is 28.8 Å². The molecule has 6 rings (SSSR count). The molecule has 0 saturated carbocycles. The maximum Gasteiger partial charge on any atom is 0.169 e. The highest BCUT2D eigenvalue weighted by Gasteiger charge is 2.48. The number of halogens is 4. The van der Waals surface area contributed by atoms with Gasteiger partial charge in [-0.1, -0.05) is 22.9 Å². The van der Waals surface area contributed by atoms with Gasteiger partial charge in [0, 0.05) is 22.2 Å². The number of aryl methyl sites for hydroxylation is 1. The van der Waals surface area contributed by atoms with Crippen molar-refractivity contribution >= 4 is 38.4 Å². The van der Waals surface area contributed by atoms with Gasteiger partial charge in [-0.2, -0.15) is 0 Å². The molecule has 0 unspecified atom stereocenters. The number of aromatic nitrogens is 7. The van der Waals surface area contributed by atoms with Crippen LogP contribution in [0.2, 0.25) is 5.02 Å². The van der Waals surface area contributed by atoms with Crippen LogP contribution in [-0.2, 0) is 4.74 Å². The molecule has 5 aromatic rings. The number of nitrogens with zero attached hydrogens (tertiary/aromatic N) is 7. The van der Waals surface area contributed by atoms with Crippen LogP contribution in [-0.4, -0.2) is 75.0 Å². The third-order valence-electron chi connectivity index (χ3n) is 6.98. The molecule has 1 saturated heterocycles. The molecule has 0 amide bonds. The number of aliphatic hydroxyl groups is 3. The van der Waals surface area contributed by atoms with Gasteiger partial charge in [-0.25, -0.2) is 13.5 Å². The average molecular weight is 649 g/mol. The van der Waals surface area contributed by atoms with Crippen molar-refractivity contribution in [3.63, 3.8) is 0 Å². The number of aliphatic hydroxyl groups excluding tert-OH is 3. The van der Waals surface area contributed by atoms with Crippen LogP contribution in [0.3, 0.4) is 0 Å². The van der Waals surface area contributed by atoms with Crippen LogP contribution in [0.1, 0.15) is 23.8 Å². The summed E-state index contributed by atoms with van der Waals surface area (Å²) in [6, 6.07) is 8.02. The maximum atomic E-state index is 14.2. The molecule has 5 atom stereocenters. The third-order valence-corrected chi connectivity index (χ3v) is 7.96. The summed E-state index contributed by atoms with van der Waals surface area (Å²) in [5, 5.41) is 50.3. The van der Waals surface area contributed by atoms with E-state index in [1.807, 2.05) is 6.07 Å². The summed E-state index contributed by atoms with van der Waals surface area (Å²) in [5.74, 6) is -1.06. The highest BCUT2D eigenvalue weighted by Crippen LogP contribution is 2.39. The molecule has 1 aliphatic heterocycles. The van der Waals surface area contributed by atoms with Gasteiger partial charge in [-0.15, -0.1) is 15.3 Å². The fourth-order valence-electron chi connectivity index (χ4n) is 5.05. The lowest BCUT2D eigenvalue weighted by molar-refractivity contribution is -0.210. The van der Waals surface area contributed by atoms with Crippen LogP contribution in [0.4, 0.5) is 8.78 Å². The lowest BCUT2D eigenvalue weighted by atomic mass is 9.92. The van der Waals surface area contributed by atoms with Crippen LogP contribution in [0.15, 0.2) is 53.3 Å². The molecule has 1 fully saturated rings. The molecule has 3 aromatic heterocycles. The summed E-state index contributed by atoms with van der Waals surface area (Å²) >= 11 is 9.25. The van der Waals surface area contributed by atoms with Crippen molar-refractivity contribution in [2.24, 2.45) is 0 Å². The van der Waals surface area contributed by atoms with Crippen LogP contribution >= 0.6 is 27.5 Å². The molecule has 4 heterocycles. The summed E-state index contributed by atoms with van der Waals surface area (Å²) in [6.45, 7) is 1.11. The first-order valence-corrected chi connectivity index (χ1v) is 13.5. The zero-order valence-electron chi connectivity index (χ0n) is 21.1. The van der Waals surface area contributed by atoms with Crippen LogP contribution in [0, 0.1) is 18.6 Å². The monoisotopic (exact) mass is 647 g/mol. The lowest BCUT2D eigenvalue weighted by Crippen LogP contribution is -2.53. The Bertz CT molecular complexity index is 1750. The summed E-state index contributed by atoms with van der Waals surface area (Å²) in [6.07, 6.45) is -2.34. The SMILES string of the molecule is Cc1nnc([C@@H]2O[C@H](CO)[C@H](O)[C@H](n3cc(-c4cc(F)c(Br)c(F)c4)nn3)[C@H]2O)n1-c1cc(Cl)cc2cccnc12. The summed E-state index contributed by atoms with van der Waals surface area (Å²) < 4.78 is 36.8. The zero-order chi connectivity index (χ0) is 29.0. The largest absolute Gasteiger partial charge is 0.394 e. The Morgan fingerprint density at radius 1 is 1.07 bits per heavy atom. The van der Waals surface area contributed by atoms with Gasteiger partial charge in [0.1, 0.15) is 53.6 Å². The molecule has 212 valence electrons. The van der Waals surface area contributed by atoms with E-state index in [1.54, 1.807) is 35.9 Å². The first-order chi connectivity index (χ1) is 19.7. The highest BCUT2D eigenvalue weighted by molar-refractivity contribution is 9.10. The van der Waals surface area contributed by atoms with Gasteiger partial charge in [-0.05, 0) is 53.2 Å². The number of rotatable bonds is 5. The summed E-state index contributed by atoms with van der Waals surface area (Å²) in [4.78, 5) is 4.48. The van der Waals surface area contributed by atoms with Gasteiger partial charge in [-0.3, -0.25) is 9.55 Å². The van der Waals surface area contributed by atoms with Gasteiger partial charge < -0.3 is 20.1 Å². The van der Waals surface area contributed by atoms with Crippen LogP contribution in [0.5, 0.6) is 0 Å². The number of hydrogen-bond donors (Lipinski definition) is 3. The van der Waals surface area contributed by atoms with Crippen molar-refractivity contribution in [2.75, 3.05) is 6.61 Å². The van der Waals surface area contributed by atoms with E-state index in [4.69, 9.17) is 16.3 Å². The molecule has 3 N–H and O–H groups in total. The summed E-state index contributed by atoms with van der Waals surface area (Å²) in [7, 11) is 0. The Balaban J connectivity index is 1.43. The Morgan fingerprint density at radius 3 is 2.56 bits per heavy atom. The number of hydrogen-bond acceptors (Lipinski definition) is 9. The Kier molecular flexibility index (Phi) is 7.30. The minimum absolute atomic E-state index is 0.0915. The highest BCUT2D eigenvalue weighted by atomic mass is 79.9. The lowest BCUT2D eigenvalue weighted by Gasteiger charge is -2.41. The minimum atomic E-state index is -1.48. The standard InChI is InChI=1S/C26H21BrClF2N7O4/c1-11-32-34-26(37(11)18-8-14(28)5-12-3-2-4-31-21(12)18)25-24(40)22(23(39)19(10-38)41-25)36-9-17(33-35-36)13-6-15(29)20(27)16(30)7-13/h2-9,19,22-25,38-40H,10H2,1H3/t19-,22+,23+,24-,25-/m1/s1. The molecule has 0 bridgehead atoms. The molecule has 2 aromatic carbocycles. The van der Waals surface area contributed by atoms with E-state index in [0.717, 1.165) is 17.5 Å². The zero-order valence-corrected chi connectivity index (χ0v) is 23.4. The van der Waals surface area contributed by atoms with Gasteiger partial charge in [0.15, 0.2) is 5.82 Å². The number of fused-ring (bicyclic) bond motifs is 1. The summed E-state index contributed by atoms with van der Waals surface area (Å²) in [5.41, 5.74) is 1.31.